The number of aromatic nitrogens is 2. The fourth-order valence-electron chi connectivity index (χ4n) is 3.34. The van der Waals surface area contributed by atoms with E-state index in [1.165, 1.54) is 5.56 Å². The Morgan fingerprint density at radius 3 is 2.36 bits per heavy atom. The largest absolute Gasteiger partial charge is 0.338 e. The maximum atomic E-state index is 12.4. The minimum absolute atomic E-state index is 0.337. The molecular formula is C20H29N5O2S. The van der Waals surface area contributed by atoms with E-state index in [2.05, 4.69) is 31.4 Å². The van der Waals surface area contributed by atoms with Crippen LogP contribution in [0.5, 0.6) is 0 Å². The molecule has 28 heavy (non-hydrogen) atoms. The Bertz CT molecular complexity index is 819. The summed E-state index contributed by atoms with van der Waals surface area (Å²) >= 11 is 0. The second kappa shape index (κ2) is 9.95. The Labute approximate surface area is 167 Å². The van der Waals surface area contributed by atoms with Crippen molar-refractivity contribution in [2.75, 3.05) is 44.2 Å². The number of hydrogen-bond donors (Lipinski definition) is 1. The molecule has 1 aromatic carbocycles. The van der Waals surface area contributed by atoms with E-state index in [1.807, 2.05) is 18.2 Å². The summed E-state index contributed by atoms with van der Waals surface area (Å²) in [5.41, 5.74) is 1.17. The van der Waals surface area contributed by atoms with Crippen molar-refractivity contribution in [3.63, 3.8) is 0 Å². The highest BCUT2D eigenvalue weighted by Crippen LogP contribution is 2.12. The van der Waals surface area contributed by atoms with E-state index in [9.17, 15) is 8.42 Å². The van der Waals surface area contributed by atoms with E-state index in [1.54, 1.807) is 24.5 Å². The average molecular weight is 404 g/mol. The Morgan fingerprint density at radius 1 is 1.04 bits per heavy atom. The van der Waals surface area contributed by atoms with Crippen molar-refractivity contribution in [1.82, 2.24) is 19.6 Å². The lowest BCUT2D eigenvalue weighted by Crippen LogP contribution is -2.47. The van der Waals surface area contributed by atoms with Gasteiger partial charge in [0.2, 0.25) is 16.0 Å². The van der Waals surface area contributed by atoms with E-state index in [-0.39, 0.29) is 0 Å². The predicted molar refractivity (Wildman–Crippen MR) is 111 cm³/mol. The van der Waals surface area contributed by atoms with Gasteiger partial charge in [0.15, 0.2) is 0 Å². The number of nitrogens with one attached hydrogen (secondary N) is 1. The number of sulfonamides is 1. The molecule has 1 aliphatic heterocycles. The molecule has 0 amide bonds. The topological polar surface area (TPSA) is 78.4 Å². The first-order chi connectivity index (χ1) is 13.6. The smallest absolute Gasteiger partial charge is 0.240 e. The van der Waals surface area contributed by atoms with Gasteiger partial charge in [0, 0.05) is 45.1 Å². The molecule has 152 valence electrons. The molecule has 0 radical (unpaired) electrons. The van der Waals surface area contributed by atoms with Crippen LogP contribution in [0.4, 0.5) is 5.95 Å². The monoisotopic (exact) mass is 403 g/mol. The Morgan fingerprint density at radius 2 is 1.71 bits per heavy atom. The first kappa shape index (κ1) is 20.7. The van der Waals surface area contributed by atoms with Gasteiger partial charge >= 0.3 is 0 Å². The summed E-state index contributed by atoms with van der Waals surface area (Å²) in [6.07, 6.45) is 6.33. The fraction of sp³-hybridized carbons (Fsp3) is 0.500. The normalized spacial score (nSPS) is 15.7. The molecule has 1 N–H and O–H groups in total. The van der Waals surface area contributed by atoms with Crippen molar-refractivity contribution >= 4 is 16.0 Å². The van der Waals surface area contributed by atoms with E-state index < -0.39 is 10.0 Å². The Hall–Kier alpha value is -2.03. The van der Waals surface area contributed by atoms with E-state index in [0.717, 1.165) is 57.9 Å². The first-order valence-corrected chi connectivity index (χ1v) is 11.4. The number of hydrogen-bond acceptors (Lipinski definition) is 6. The van der Waals surface area contributed by atoms with E-state index in [4.69, 9.17) is 0 Å². The minimum Gasteiger partial charge on any atom is -0.338 e. The molecule has 8 heteroatoms. The molecule has 0 spiro atoms. The quantitative estimate of drug-likeness (QED) is 0.645. The molecule has 1 aromatic heterocycles. The van der Waals surface area contributed by atoms with Crippen LogP contribution in [0.2, 0.25) is 0 Å². The predicted octanol–water partition coefficient (Wildman–Crippen LogP) is 1.92. The van der Waals surface area contributed by atoms with Crippen molar-refractivity contribution < 1.29 is 8.42 Å². The third-order valence-electron chi connectivity index (χ3n) is 4.92. The molecule has 1 fully saturated rings. The third kappa shape index (κ3) is 5.73. The first-order valence-electron chi connectivity index (χ1n) is 9.91. The van der Waals surface area contributed by atoms with Crippen LogP contribution in [0, 0.1) is 0 Å². The minimum atomic E-state index is -3.43. The number of aryl methyl sites for hydroxylation is 1. The van der Waals surface area contributed by atoms with Gasteiger partial charge in [0.05, 0.1) is 4.90 Å². The second-order valence-corrected chi connectivity index (χ2v) is 8.79. The maximum Gasteiger partial charge on any atom is 0.240 e. The highest BCUT2D eigenvalue weighted by Gasteiger charge is 2.19. The zero-order chi connectivity index (χ0) is 19.8. The molecule has 2 aromatic rings. The number of piperazine rings is 1. The van der Waals surface area contributed by atoms with Gasteiger partial charge in [0.1, 0.15) is 0 Å². The summed E-state index contributed by atoms with van der Waals surface area (Å²) in [7, 11) is -3.43. The SMILES string of the molecule is CCCc1ccc(S(=O)(=O)NCCCN2CCN(c3ncccn3)CC2)cc1. The van der Waals surface area contributed by atoms with E-state index in [0.29, 0.717) is 11.4 Å². The van der Waals surface area contributed by atoms with Crippen molar-refractivity contribution in [3.8, 4) is 0 Å². The molecule has 1 saturated heterocycles. The fourth-order valence-corrected chi connectivity index (χ4v) is 4.42. The molecule has 7 nitrogen and oxygen atoms in total. The molecule has 0 saturated carbocycles. The van der Waals surface area contributed by atoms with E-state index >= 15 is 0 Å². The lowest BCUT2D eigenvalue weighted by molar-refractivity contribution is 0.254. The Kier molecular flexibility index (Phi) is 7.36. The number of benzene rings is 1. The standard InChI is InChI=1S/C20H29N5O2S/c1-2-5-18-6-8-19(9-7-18)28(26,27)23-12-4-13-24-14-16-25(17-15-24)20-21-10-3-11-22-20/h3,6-11,23H,2,4-5,12-17H2,1H3. The summed E-state index contributed by atoms with van der Waals surface area (Å²) in [4.78, 5) is 13.5. The van der Waals surface area contributed by atoms with Crippen LogP contribution in [0.3, 0.4) is 0 Å². The summed E-state index contributed by atoms with van der Waals surface area (Å²) in [5.74, 6) is 0.778. The molecule has 2 heterocycles. The highest BCUT2D eigenvalue weighted by molar-refractivity contribution is 7.89. The van der Waals surface area contributed by atoms with Gasteiger partial charge in [-0.15, -0.1) is 0 Å². The number of anilines is 1. The third-order valence-corrected chi connectivity index (χ3v) is 6.40. The zero-order valence-electron chi connectivity index (χ0n) is 16.4. The number of rotatable bonds is 9. The molecule has 0 aliphatic carbocycles. The molecule has 1 aliphatic rings. The zero-order valence-corrected chi connectivity index (χ0v) is 17.2. The lowest BCUT2D eigenvalue weighted by Gasteiger charge is -2.34. The van der Waals surface area contributed by atoms with Crippen molar-refractivity contribution in [1.29, 1.82) is 0 Å². The highest BCUT2D eigenvalue weighted by atomic mass is 32.2. The van der Waals surface area contributed by atoms with Gasteiger partial charge in [-0.05, 0) is 43.1 Å². The average Bonchev–Trinajstić information content (AvgIpc) is 2.73. The summed E-state index contributed by atoms with van der Waals surface area (Å²) in [5, 5.41) is 0. The molecule has 0 atom stereocenters. The molecular weight excluding hydrogens is 374 g/mol. The van der Waals surface area contributed by atoms with Gasteiger partial charge in [-0.1, -0.05) is 25.5 Å². The van der Waals surface area contributed by atoms with Gasteiger partial charge in [-0.25, -0.2) is 23.1 Å². The molecule has 0 bridgehead atoms. The van der Waals surface area contributed by atoms with Crippen molar-refractivity contribution in [3.05, 3.63) is 48.3 Å². The second-order valence-electron chi connectivity index (χ2n) is 7.02. The Balaban J connectivity index is 1.38. The molecule has 0 unspecified atom stereocenters. The van der Waals surface area contributed by atoms with Crippen LogP contribution in [-0.2, 0) is 16.4 Å². The summed E-state index contributed by atoms with van der Waals surface area (Å²) < 4.78 is 27.5. The van der Waals surface area contributed by atoms with Gasteiger partial charge < -0.3 is 4.90 Å². The summed E-state index contributed by atoms with van der Waals surface area (Å²) in [6, 6.07) is 9.00. The van der Waals surface area contributed by atoms with Crippen LogP contribution in [-0.4, -0.2) is 62.6 Å². The maximum absolute atomic E-state index is 12.4. The van der Waals surface area contributed by atoms with Gasteiger partial charge in [0.25, 0.3) is 0 Å². The van der Waals surface area contributed by atoms with Crippen molar-refractivity contribution in [2.24, 2.45) is 0 Å². The van der Waals surface area contributed by atoms with Gasteiger partial charge in [-0.2, -0.15) is 0 Å². The lowest BCUT2D eigenvalue weighted by atomic mass is 10.1. The van der Waals surface area contributed by atoms with Crippen LogP contribution in [0.25, 0.3) is 0 Å². The summed E-state index contributed by atoms with van der Waals surface area (Å²) in [6.45, 7) is 7.08. The molecule has 3 rings (SSSR count). The van der Waals surface area contributed by atoms with Crippen LogP contribution < -0.4 is 9.62 Å². The van der Waals surface area contributed by atoms with Crippen molar-refractivity contribution in [2.45, 2.75) is 31.1 Å². The van der Waals surface area contributed by atoms with Gasteiger partial charge in [-0.3, -0.25) is 4.90 Å². The van der Waals surface area contributed by atoms with Crippen LogP contribution in [0.15, 0.2) is 47.6 Å². The van der Waals surface area contributed by atoms with Crippen LogP contribution in [0.1, 0.15) is 25.3 Å². The van der Waals surface area contributed by atoms with Crippen LogP contribution >= 0.6 is 0 Å². The number of nitrogens with zero attached hydrogens (tertiary/aromatic N) is 4.